The molecule has 0 saturated heterocycles. The monoisotopic (exact) mass is 286 g/mol. The molecule has 1 heterocycles. The molecule has 0 amide bonds. The molecule has 4 nitrogen and oxygen atoms in total. The summed E-state index contributed by atoms with van der Waals surface area (Å²) >= 11 is 0. The molecule has 1 aromatic heterocycles. The van der Waals surface area contributed by atoms with Crippen molar-refractivity contribution in [1.29, 1.82) is 0 Å². The second-order valence-electron chi connectivity index (χ2n) is 4.68. The third-order valence-electron chi connectivity index (χ3n) is 2.90. The summed E-state index contributed by atoms with van der Waals surface area (Å²) in [6.07, 6.45) is 2.92. The summed E-state index contributed by atoms with van der Waals surface area (Å²) in [5.41, 5.74) is 1.04. The van der Waals surface area contributed by atoms with E-state index in [1.807, 2.05) is 49.5 Å². The summed E-state index contributed by atoms with van der Waals surface area (Å²) in [6.45, 7) is 6.18. The normalized spacial score (nSPS) is 10.2. The lowest BCUT2D eigenvalue weighted by Crippen LogP contribution is -2.02. The second-order valence-corrected chi connectivity index (χ2v) is 4.68. The van der Waals surface area contributed by atoms with Crippen LogP contribution in [0.5, 0.6) is 11.5 Å². The van der Waals surface area contributed by atoms with Gasteiger partial charge in [0.05, 0.1) is 6.61 Å². The van der Waals surface area contributed by atoms with Crippen LogP contribution < -0.4 is 14.8 Å². The second kappa shape index (κ2) is 8.15. The van der Waals surface area contributed by atoms with Gasteiger partial charge in [-0.25, -0.2) is 4.98 Å². The van der Waals surface area contributed by atoms with Crippen LogP contribution in [0.3, 0.4) is 0 Å². The van der Waals surface area contributed by atoms with Crippen LogP contribution in [-0.4, -0.2) is 18.1 Å². The Labute approximate surface area is 126 Å². The fourth-order valence-electron chi connectivity index (χ4n) is 1.85. The van der Waals surface area contributed by atoms with E-state index in [9.17, 15) is 0 Å². The van der Waals surface area contributed by atoms with Crippen molar-refractivity contribution >= 4 is 5.82 Å². The van der Waals surface area contributed by atoms with E-state index in [2.05, 4.69) is 17.2 Å². The van der Waals surface area contributed by atoms with E-state index in [-0.39, 0.29) is 0 Å². The number of pyridine rings is 1. The Bertz CT molecular complexity index is 541. The summed E-state index contributed by atoms with van der Waals surface area (Å²) in [6, 6.07) is 11.7. The van der Waals surface area contributed by atoms with Gasteiger partial charge in [-0.1, -0.05) is 19.1 Å². The Hall–Kier alpha value is -2.23. The highest BCUT2D eigenvalue weighted by Gasteiger charge is 2.00. The molecule has 4 heteroatoms. The lowest BCUT2D eigenvalue weighted by molar-refractivity contribution is 0.299. The van der Waals surface area contributed by atoms with Crippen molar-refractivity contribution in [3.05, 3.63) is 48.2 Å². The Morgan fingerprint density at radius 1 is 1.05 bits per heavy atom. The molecule has 0 aliphatic heterocycles. The van der Waals surface area contributed by atoms with Crippen molar-refractivity contribution < 1.29 is 9.47 Å². The Balaban J connectivity index is 1.88. The van der Waals surface area contributed by atoms with Gasteiger partial charge in [-0.15, -0.1) is 0 Å². The van der Waals surface area contributed by atoms with E-state index in [1.54, 1.807) is 0 Å². The number of nitrogens with one attached hydrogen (secondary N) is 1. The van der Waals surface area contributed by atoms with Crippen LogP contribution in [0.1, 0.15) is 25.8 Å². The topological polar surface area (TPSA) is 43.4 Å². The molecular formula is C17H22N2O2. The maximum Gasteiger partial charge on any atom is 0.125 e. The molecule has 1 aromatic carbocycles. The molecule has 21 heavy (non-hydrogen) atoms. The molecule has 1 N–H and O–H groups in total. The van der Waals surface area contributed by atoms with E-state index in [1.165, 1.54) is 0 Å². The fourth-order valence-corrected chi connectivity index (χ4v) is 1.85. The van der Waals surface area contributed by atoms with Gasteiger partial charge in [-0.2, -0.15) is 0 Å². The molecule has 0 unspecified atom stereocenters. The van der Waals surface area contributed by atoms with Crippen LogP contribution in [0.25, 0.3) is 0 Å². The summed E-state index contributed by atoms with van der Waals surface area (Å²) in [5, 5.41) is 3.25. The van der Waals surface area contributed by atoms with Gasteiger partial charge in [0.1, 0.15) is 23.9 Å². The predicted octanol–water partition coefficient (Wildman–Crippen LogP) is 3.88. The molecule has 0 atom stereocenters. The number of anilines is 1. The molecule has 0 aliphatic rings. The third-order valence-corrected chi connectivity index (χ3v) is 2.90. The lowest BCUT2D eigenvalue weighted by atomic mass is 10.3. The number of rotatable bonds is 8. The first-order chi connectivity index (χ1) is 10.3. The number of benzene rings is 1. The molecule has 2 rings (SSSR count). The average Bonchev–Trinajstić information content (AvgIpc) is 2.53. The van der Waals surface area contributed by atoms with E-state index in [4.69, 9.17) is 9.47 Å². The van der Waals surface area contributed by atoms with Crippen molar-refractivity contribution in [2.24, 2.45) is 0 Å². The van der Waals surface area contributed by atoms with Crippen molar-refractivity contribution in [3.8, 4) is 11.5 Å². The van der Waals surface area contributed by atoms with Crippen molar-refractivity contribution in [2.45, 2.75) is 26.9 Å². The zero-order valence-corrected chi connectivity index (χ0v) is 12.6. The molecule has 0 fully saturated rings. The predicted molar refractivity (Wildman–Crippen MR) is 85.0 cm³/mol. The minimum absolute atomic E-state index is 0.497. The summed E-state index contributed by atoms with van der Waals surface area (Å²) in [5.74, 6) is 2.53. The molecule has 0 aliphatic carbocycles. The van der Waals surface area contributed by atoms with Crippen LogP contribution in [0.2, 0.25) is 0 Å². The van der Waals surface area contributed by atoms with Gasteiger partial charge in [-0.05, 0) is 31.5 Å². The first-order valence-corrected chi connectivity index (χ1v) is 7.36. The third kappa shape index (κ3) is 4.99. The number of hydrogen-bond acceptors (Lipinski definition) is 4. The van der Waals surface area contributed by atoms with Gasteiger partial charge in [0.15, 0.2) is 0 Å². The molecule has 0 saturated carbocycles. The summed E-state index contributed by atoms with van der Waals surface area (Å²) in [7, 11) is 0. The fraction of sp³-hybridized carbons (Fsp3) is 0.353. The summed E-state index contributed by atoms with van der Waals surface area (Å²) in [4.78, 5) is 4.36. The number of aromatic nitrogens is 1. The van der Waals surface area contributed by atoms with E-state index < -0.39 is 0 Å². The SMILES string of the molecule is CCCNc1ccc(COc2cccc(OCC)c2)cn1. The van der Waals surface area contributed by atoms with Gasteiger partial charge in [0.2, 0.25) is 0 Å². The van der Waals surface area contributed by atoms with E-state index in [0.29, 0.717) is 13.2 Å². The average molecular weight is 286 g/mol. The van der Waals surface area contributed by atoms with Crippen LogP contribution in [0.4, 0.5) is 5.82 Å². The highest BCUT2D eigenvalue weighted by atomic mass is 16.5. The minimum atomic E-state index is 0.497. The zero-order valence-electron chi connectivity index (χ0n) is 12.6. The molecule has 0 radical (unpaired) electrons. The van der Waals surface area contributed by atoms with Gasteiger partial charge in [0.25, 0.3) is 0 Å². The number of hydrogen-bond donors (Lipinski definition) is 1. The summed E-state index contributed by atoms with van der Waals surface area (Å²) < 4.78 is 11.2. The Morgan fingerprint density at radius 2 is 1.86 bits per heavy atom. The maximum absolute atomic E-state index is 5.76. The Kier molecular flexibility index (Phi) is 5.88. The van der Waals surface area contributed by atoms with Crippen molar-refractivity contribution in [1.82, 2.24) is 4.98 Å². The van der Waals surface area contributed by atoms with Gasteiger partial charge >= 0.3 is 0 Å². The highest BCUT2D eigenvalue weighted by Crippen LogP contribution is 2.20. The van der Waals surface area contributed by atoms with E-state index in [0.717, 1.165) is 35.8 Å². The van der Waals surface area contributed by atoms with Crippen LogP contribution in [0.15, 0.2) is 42.6 Å². The largest absolute Gasteiger partial charge is 0.494 e. The van der Waals surface area contributed by atoms with Crippen molar-refractivity contribution in [3.63, 3.8) is 0 Å². The lowest BCUT2D eigenvalue weighted by Gasteiger charge is -2.09. The molecule has 0 spiro atoms. The number of ether oxygens (including phenoxy) is 2. The van der Waals surface area contributed by atoms with Gasteiger partial charge in [0, 0.05) is 24.4 Å². The minimum Gasteiger partial charge on any atom is -0.494 e. The molecule has 112 valence electrons. The smallest absolute Gasteiger partial charge is 0.125 e. The van der Waals surface area contributed by atoms with Crippen LogP contribution >= 0.6 is 0 Å². The zero-order chi connectivity index (χ0) is 14.9. The first-order valence-electron chi connectivity index (χ1n) is 7.36. The maximum atomic E-state index is 5.76. The van der Waals surface area contributed by atoms with Gasteiger partial charge in [-0.3, -0.25) is 0 Å². The molecular weight excluding hydrogens is 264 g/mol. The first kappa shape index (κ1) is 15.2. The highest BCUT2D eigenvalue weighted by molar-refractivity contribution is 5.36. The Morgan fingerprint density at radius 3 is 2.52 bits per heavy atom. The van der Waals surface area contributed by atoms with E-state index >= 15 is 0 Å². The standard InChI is InChI=1S/C17H22N2O2/c1-3-10-18-17-9-8-14(12-19-17)13-21-16-7-5-6-15(11-16)20-4-2/h5-9,11-12H,3-4,10,13H2,1-2H3,(H,18,19). The quantitative estimate of drug-likeness (QED) is 0.799. The number of nitrogens with zero attached hydrogens (tertiary/aromatic N) is 1. The van der Waals surface area contributed by atoms with Crippen molar-refractivity contribution in [2.75, 3.05) is 18.5 Å². The van der Waals surface area contributed by atoms with Crippen LogP contribution in [-0.2, 0) is 6.61 Å². The van der Waals surface area contributed by atoms with Gasteiger partial charge < -0.3 is 14.8 Å². The molecule has 2 aromatic rings. The van der Waals surface area contributed by atoms with Crippen LogP contribution in [0, 0.1) is 0 Å². The molecule has 0 bridgehead atoms.